The summed E-state index contributed by atoms with van der Waals surface area (Å²) in [6, 6.07) is 4.86. The molecule has 0 N–H and O–H groups in total. The molecular formula is C15H26N4. The van der Waals surface area contributed by atoms with E-state index in [1.807, 2.05) is 13.8 Å². The summed E-state index contributed by atoms with van der Waals surface area (Å²) < 4.78 is 0. The van der Waals surface area contributed by atoms with Gasteiger partial charge in [-0.1, -0.05) is 13.3 Å². The lowest BCUT2D eigenvalue weighted by molar-refractivity contribution is 0.104. The van der Waals surface area contributed by atoms with Gasteiger partial charge >= 0.3 is 0 Å². The molecule has 4 nitrogen and oxygen atoms in total. The quantitative estimate of drug-likeness (QED) is 0.736. The van der Waals surface area contributed by atoms with Gasteiger partial charge in [-0.3, -0.25) is 4.90 Å². The van der Waals surface area contributed by atoms with Crippen LogP contribution >= 0.6 is 0 Å². The first-order valence-electron chi connectivity index (χ1n) is 7.29. The molecule has 1 heterocycles. The molecule has 0 amide bonds. The number of hydrogen-bond donors (Lipinski definition) is 0. The monoisotopic (exact) mass is 262 g/mol. The first-order valence-corrected chi connectivity index (χ1v) is 7.29. The zero-order valence-corrected chi connectivity index (χ0v) is 12.5. The lowest BCUT2D eigenvalue weighted by Crippen LogP contribution is -2.50. The Kier molecular flexibility index (Phi) is 6.28. The van der Waals surface area contributed by atoms with E-state index >= 15 is 0 Å². The standard InChI is InChI=1S/C15H26N4/c1-4-5-14(12-16)19-10-8-18(9-11-19)7-6-15(2,3)13-17/h14H,4-11H2,1-3H3. The molecule has 0 aromatic heterocycles. The van der Waals surface area contributed by atoms with Gasteiger partial charge in [0.2, 0.25) is 0 Å². The molecule has 1 rings (SSSR count). The zero-order valence-electron chi connectivity index (χ0n) is 12.5. The van der Waals surface area contributed by atoms with Gasteiger partial charge in [-0.2, -0.15) is 10.5 Å². The molecule has 0 radical (unpaired) electrons. The highest BCUT2D eigenvalue weighted by atomic mass is 15.3. The Morgan fingerprint density at radius 3 is 2.26 bits per heavy atom. The summed E-state index contributed by atoms with van der Waals surface area (Å²) in [5.74, 6) is 0. The van der Waals surface area contributed by atoms with Crippen LogP contribution in [0, 0.1) is 28.1 Å². The van der Waals surface area contributed by atoms with Gasteiger partial charge in [0.25, 0.3) is 0 Å². The fourth-order valence-electron chi connectivity index (χ4n) is 2.39. The van der Waals surface area contributed by atoms with E-state index in [0.717, 1.165) is 52.0 Å². The maximum Gasteiger partial charge on any atom is 0.0978 e. The molecular weight excluding hydrogens is 236 g/mol. The van der Waals surface area contributed by atoms with E-state index in [9.17, 15) is 5.26 Å². The average Bonchev–Trinajstić information content (AvgIpc) is 2.43. The summed E-state index contributed by atoms with van der Waals surface area (Å²) in [5, 5.41) is 18.2. The van der Waals surface area contributed by atoms with Crippen molar-refractivity contribution in [2.24, 2.45) is 5.41 Å². The third-order valence-corrected chi connectivity index (χ3v) is 3.91. The van der Waals surface area contributed by atoms with Crippen LogP contribution in [0.2, 0.25) is 0 Å². The van der Waals surface area contributed by atoms with Gasteiger partial charge in [-0.15, -0.1) is 0 Å². The van der Waals surface area contributed by atoms with E-state index in [2.05, 4.69) is 28.9 Å². The summed E-state index contributed by atoms with van der Waals surface area (Å²) in [6.45, 7) is 11.1. The van der Waals surface area contributed by atoms with Crippen molar-refractivity contribution in [3.05, 3.63) is 0 Å². The highest BCUT2D eigenvalue weighted by molar-refractivity contribution is 4.94. The van der Waals surface area contributed by atoms with Gasteiger partial charge in [-0.05, 0) is 33.2 Å². The Morgan fingerprint density at radius 2 is 1.79 bits per heavy atom. The summed E-state index contributed by atoms with van der Waals surface area (Å²) in [7, 11) is 0. The molecule has 1 fully saturated rings. The predicted molar refractivity (Wildman–Crippen MR) is 76.3 cm³/mol. The summed E-state index contributed by atoms with van der Waals surface area (Å²) in [6.07, 6.45) is 2.95. The molecule has 1 aliphatic heterocycles. The van der Waals surface area contributed by atoms with E-state index < -0.39 is 0 Å². The third kappa shape index (κ3) is 5.19. The maximum absolute atomic E-state index is 9.18. The van der Waals surface area contributed by atoms with Crippen LogP contribution in [0.25, 0.3) is 0 Å². The van der Waals surface area contributed by atoms with Gasteiger partial charge in [0.05, 0.1) is 23.6 Å². The molecule has 0 saturated carbocycles. The van der Waals surface area contributed by atoms with Crippen LogP contribution in [0.5, 0.6) is 0 Å². The zero-order chi connectivity index (χ0) is 14.3. The van der Waals surface area contributed by atoms with Crippen LogP contribution in [0.1, 0.15) is 40.0 Å². The largest absolute Gasteiger partial charge is 0.301 e. The molecule has 1 aliphatic rings. The van der Waals surface area contributed by atoms with Crippen molar-refractivity contribution in [3.8, 4) is 12.1 Å². The molecule has 1 saturated heterocycles. The second-order valence-electron chi connectivity index (χ2n) is 6.06. The second-order valence-corrected chi connectivity index (χ2v) is 6.06. The second kappa shape index (κ2) is 7.48. The molecule has 4 heteroatoms. The number of nitrogens with zero attached hydrogens (tertiary/aromatic N) is 4. The first kappa shape index (κ1) is 16.0. The van der Waals surface area contributed by atoms with Crippen molar-refractivity contribution in [3.63, 3.8) is 0 Å². The molecule has 1 atom stereocenters. The minimum absolute atomic E-state index is 0.0858. The summed E-state index contributed by atoms with van der Waals surface area (Å²) >= 11 is 0. The Bertz CT molecular complexity index is 342. The van der Waals surface area contributed by atoms with Crippen molar-refractivity contribution in [2.75, 3.05) is 32.7 Å². The SMILES string of the molecule is CCCC(C#N)N1CCN(CCC(C)(C)C#N)CC1. The fraction of sp³-hybridized carbons (Fsp3) is 0.867. The molecule has 0 aromatic carbocycles. The summed E-state index contributed by atoms with van der Waals surface area (Å²) in [4.78, 5) is 4.71. The topological polar surface area (TPSA) is 54.1 Å². The van der Waals surface area contributed by atoms with Crippen LogP contribution in [0.3, 0.4) is 0 Å². The van der Waals surface area contributed by atoms with Crippen molar-refractivity contribution in [1.82, 2.24) is 9.80 Å². The average molecular weight is 262 g/mol. The van der Waals surface area contributed by atoms with E-state index in [1.165, 1.54) is 0 Å². The minimum atomic E-state index is -0.228. The Labute approximate surface area is 117 Å². The van der Waals surface area contributed by atoms with Gasteiger partial charge in [0.1, 0.15) is 0 Å². The maximum atomic E-state index is 9.18. The van der Waals surface area contributed by atoms with Crippen molar-refractivity contribution in [1.29, 1.82) is 10.5 Å². The lowest BCUT2D eigenvalue weighted by Gasteiger charge is -2.37. The highest BCUT2D eigenvalue weighted by Gasteiger charge is 2.24. The molecule has 1 unspecified atom stereocenters. The molecule has 0 bridgehead atoms. The van der Waals surface area contributed by atoms with Crippen LogP contribution in [-0.2, 0) is 0 Å². The van der Waals surface area contributed by atoms with E-state index in [0.29, 0.717) is 0 Å². The normalized spacial score (nSPS) is 19.6. The van der Waals surface area contributed by atoms with Crippen LogP contribution in [0.15, 0.2) is 0 Å². The third-order valence-electron chi connectivity index (χ3n) is 3.91. The lowest BCUT2D eigenvalue weighted by atomic mass is 9.91. The van der Waals surface area contributed by atoms with Gasteiger partial charge in [-0.25, -0.2) is 0 Å². The number of rotatable bonds is 6. The Morgan fingerprint density at radius 1 is 1.16 bits per heavy atom. The van der Waals surface area contributed by atoms with Gasteiger partial charge in [0, 0.05) is 26.2 Å². The highest BCUT2D eigenvalue weighted by Crippen LogP contribution is 2.19. The molecule has 0 aromatic rings. The Balaban J connectivity index is 2.33. The van der Waals surface area contributed by atoms with Crippen molar-refractivity contribution in [2.45, 2.75) is 46.1 Å². The summed E-state index contributed by atoms with van der Waals surface area (Å²) in [5.41, 5.74) is -0.228. The van der Waals surface area contributed by atoms with Crippen LogP contribution in [-0.4, -0.2) is 48.6 Å². The molecule has 106 valence electrons. The molecule has 19 heavy (non-hydrogen) atoms. The van der Waals surface area contributed by atoms with E-state index in [4.69, 9.17) is 5.26 Å². The van der Waals surface area contributed by atoms with Gasteiger partial charge < -0.3 is 4.90 Å². The smallest absolute Gasteiger partial charge is 0.0978 e. The van der Waals surface area contributed by atoms with Crippen molar-refractivity contribution >= 4 is 0 Å². The van der Waals surface area contributed by atoms with Gasteiger partial charge in [0.15, 0.2) is 0 Å². The number of piperazine rings is 1. The first-order chi connectivity index (χ1) is 9.02. The number of nitriles is 2. The predicted octanol–water partition coefficient (Wildman–Crippen LogP) is 2.24. The van der Waals surface area contributed by atoms with Crippen LogP contribution in [0.4, 0.5) is 0 Å². The Hall–Kier alpha value is -1.10. The van der Waals surface area contributed by atoms with E-state index in [1.54, 1.807) is 0 Å². The minimum Gasteiger partial charge on any atom is -0.301 e. The molecule has 0 spiro atoms. The van der Waals surface area contributed by atoms with Crippen molar-refractivity contribution < 1.29 is 0 Å². The molecule has 0 aliphatic carbocycles. The fourth-order valence-corrected chi connectivity index (χ4v) is 2.39. The van der Waals surface area contributed by atoms with E-state index in [-0.39, 0.29) is 11.5 Å². The number of hydrogen-bond acceptors (Lipinski definition) is 4. The van der Waals surface area contributed by atoms with Crippen LogP contribution < -0.4 is 0 Å².